The molecule has 0 radical (unpaired) electrons. The monoisotopic (exact) mass is 2290 g/mol. The zero-order valence-electron chi connectivity index (χ0n) is 66.4. The Morgan fingerprint density at radius 3 is 0.961 bits per heavy atom. The van der Waals surface area contributed by atoms with Gasteiger partial charge in [-0.3, -0.25) is 19.2 Å². The van der Waals surface area contributed by atoms with Crippen LogP contribution < -0.4 is 0 Å². The maximum atomic E-state index is 12.4. The Hall–Kier alpha value is -10.9. The molecule has 0 bridgehead atoms. The minimum atomic E-state index is -1.12. The lowest BCUT2D eigenvalue weighted by Gasteiger charge is -2.18. The van der Waals surface area contributed by atoms with Crippen molar-refractivity contribution in [3.8, 4) is 44.5 Å². The van der Waals surface area contributed by atoms with Gasteiger partial charge in [-0.1, -0.05) is 335 Å². The average Bonchev–Trinajstić information content (AvgIpc) is 0.941. The lowest BCUT2D eigenvalue weighted by Crippen LogP contribution is -2.20. The molecule has 18 aromatic carbocycles. The predicted octanol–water partition coefficient (Wildman–Crippen LogP) is 32.9. The minimum Gasteiger partial charge on any atom is -0.478 e. The second kappa shape index (κ2) is 41.5. The summed E-state index contributed by atoms with van der Waals surface area (Å²) < 4.78 is 13.6. The van der Waals surface area contributed by atoms with Crippen LogP contribution in [0, 0.1) is 0 Å². The highest BCUT2D eigenvalue weighted by molar-refractivity contribution is 9.12. The van der Waals surface area contributed by atoms with Crippen molar-refractivity contribution >= 4 is 243 Å². The van der Waals surface area contributed by atoms with Gasteiger partial charge in [0.2, 0.25) is 0 Å². The molecule has 127 heavy (non-hydrogen) atoms. The Balaban J connectivity index is 0.000000118. The summed E-state index contributed by atoms with van der Waals surface area (Å²) >= 11 is 33.7. The number of benzene rings is 18. The number of fused-ring (bicyclic) bond motifs is 9. The summed E-state index contributed by atoms with van der Waals surface area (Å²) in [5.41, 5.74) is 17.1. The summed E-state index contributed by atoms with van der Waals surface area (Å²) in [4.78, 5) is 82.3. The van der Waals surface area contributed by atoms with Crippen LogP contribution in [0.3, 0.4) is 0 Å². The molecule has 1 aliphatic heterocycles. The van der Waals surface area contributed by atoms with E-state index in [2.05, 4.69) is 370 Å². The summed E-state index contributed by atoms with van der Waals surface area (Å²) in [5.74, 6) is -2.65. The smallest absolute Gasteiger partial charge is 0.346 e. The standard InChI is InChI=1S/C32H22.C20H12Br2.C14H8Br2O3.C14H6Br2O2.C14H8Br2O.C8H3BrO3.C6H5Br/c1-4-10-23(11-5-1)26-16-18-30-28(20-26)22-29-21-27(24-12-6-2-7-13-24)17-19-31(29)32(30)25-14-8-3-9-15-25;21-16-6-8-18-14(11-16)10-15-12-17(22)7-9-19(15)20(18)13-4-2-1-3-5-13;15-9-3-1-8(2-4-9)13(17)11-6-5-10(16)7-12(11)14(18)19;15-7-1-3-9-11(5-7)14(18)12-6-8(16)2-4-10(12)13(9)17;15-10-1-3-12-8(6-10)5-9-7-11(16)2-4-13(9)14(12)17;9-4-1-2-5-6(3-4)8(11)12-7(5)10;7-6-4-2-1-3-5-6/h1-22H;1-12H;1-7H,(H,18,19);1-6H;1-4,6-7H,5H2;1-3H;1-5H. The first-order valence-corrected chi connectivity index (χ1v) is 47.2. The van der Waals surface area contributed by atoms with E-state index in [4.69, 9.17) is 5.11 Å². The van der Waals surface area contributed by atoms with Gasteiger partial charge in [0.15, 0.2) is 23.1 Å². The second-order valence-corrected chi connectivity index (χ2v) is 38.4. The minimum absolute atomic E-state index is 0.0118. The van der Waals surface area contributed by atoms with Crippen LogP contribution in [0.1, 0.15) is 106 Å². The maximum absolute atomic E-state index is 12.4. The van der Waals surface area contributed by atoms with Gasteiger partial charge in [-0.25, -0.2) is 14.4 Å². The summed E-state index contributed by atoms with van der Waals surface area (Å²) in [6, 6.07) is 122. The number of hydrogen-bond donors (Lipinski definition) is 1. The molecule has 0 atom stereocenters. The molecule has 0 aromatic heterocycles. The van der Waals surface area contributed by atoms with E-state index in [1.165, 1.54) is 99.7 Å². The fraction of sp³-hybridized carbons (Fsp3) is 0.00926. The van der Waals surface area contributed by atoms with Crippen LogP contribution in [0.4, 0.5) is 0 Å². The SMILES string of the molecule is Brc1ccc2c(-c3ccccc3)c3ccc(Br)cc3cc2c1.Brc1ccccc1.O=C(O)c1cc(Br)ccc1C(=O)c1ccc(Br)cc1.O=C1OC(=O)c2cc(Br)ccc21.O=C1c2ccc(Br)cc2C(=O)c2cc(Br)ccc21.O=C1c2ccc(Br)cc2Cc2cc(Br)ccc21.c1ccc(-c2ccc3c(-c4ccccc4)c4ccc(-c5ccccc5)cc4cc3c2)cc1. The summed E-state index contributed by atoms with van der Waals surface area (Å²) in [7, 11) is 0. The van der Waals surface area contributed by atoms with Crippen LogP contribution in [0.2, 0.25) is 0 Å². The average molecular weight is 2300 g/mol. The molecule has 2 aliphatic carbocycles. The van der Waals surface area contributed by atoms with E-state index < -0.39 is 17.9 Å². The van der Waals surface area contributed by atoms with E-state index in [1.807, 2.05) is 66.7 Å². The van der Waals surface area contributed by atoms with E-state index in [0.717, 1.165) is 68.9 Å². The van der Waals surface area contributed by atoms with Crippen molar-refractivity contribution in [2.45, 2.75) is 6.42 Å². The number of carboxylic acid groups (broad SMARTS) is 1. The number of carbonyl (C=O) groups is 7. The van der Waals surface area contributed by atoms with Gasteiger partial charge in [0, 0.05) is 89.2 Å². The van der Waals surface area contributed by atoms with Gasteiger partial charge in [-0.05, 0) is 299 Å². The van der Waals surface area contributed by atoms with Gasteiger partial charge in [-0.2, -0.15) is 0 Å². The van der Waals surface area contributed by atoms with Gasteiger partial charge in [0.05, 0.1) is 16.7 Å². The van der Waals surface area contributed by atoms with Crippen molar-refractivity contribution in [3.05, 3.63) is 487 Å². The number of carbonyl (C=O) groups excluding carboxylic acids is 6. The van der Waals surface area contributed by atoms with Crippen LogP contribution in [-0.2, 0) is 11.2 Å². The molecule has 0 amide bonds. The summed E-state index contributed by atoms with van der Waals surface area (Å²) in [6.45, 7) is 0. The Kier molecular flexibility index (Phi) is 29.7. The van der Waals surface area contributed by atoms with Crippen LogP contribution >= 0.6 is 159 Å². The van der Waals surface area contributed by atoms with Crippen LogP contribution in [0.5, 0.6) is 0 Å². The van der Waals surface area contributed by atoms with Gasteiger partial charge < -0.3 is 9.84 Å². The van der Waals surface area contributed by atoms with Gasteiger partial charge >= 0.3 is 17.9 Å². The zero-order chi connectivity index (χ0) is 89.1. The molecule has 1 N–H and O–H groups in total. The van der Waals surface area contributed by atoms with E-state index in [-0.39, 0.29) is 34.3 Å². The molecular weight excluding hydrogens is 2240 g/mol. The molecular formula is C108H64Br10O9. The highest BCUT2D eigenvalue weighted by Crippen LogP contribution is 2.43. The Labute approximate surface area is 816 Å². The number of halogens is 10. The van der Waals surface area contributed by atoms with Gasteiger partial charge in [-0.15, -0.1) is 0 Å². The van der Waals surface area contributed by atoms with E-state index >= 15 is 0 Å². The quantitative estimate of drug-likeness (QED) is 0.0712. The summed E-state index contributed by atoms with van der Waals surface area (Å²) in [5, 5.41) is 19.3. The van der Waals surface area contributed by atoms with Crippen molar-refractivity contribution in [1.82, 2.24) is 0 Å². The molecule has 9 nitrogen and oxygen atoms in total. The molecule has 0 saturated heterocycles. The van der Waals surface area contributed by atoms with Crippen molar-refractivity contribution in [2.24, 2.45) is 0 Å². The van der Waals surface area contributed by atoms with Crippen molar-refractivity contribution in [2.75, 3.05) is 0 Å². The Morgan fingerprint density at radius 2 is 0.543 bits per heavy atom. The zero-order valence-corrected chi connectivity index (χ0v) is 82.3. The number of ether oxygens (including phenoxy) is 1. The van der Waals surface area contributed by atoms with Crippen LogP contribution in [-0.4, -0.2) is 46.1 Å². The molecule has 0 spiro atoms. The molecule has 1 heterocycles. The third kappa shape index (κ3) is 21.6. The number of ketones is 4. The third-order valence-corrected chi connectivity index (χ3v) is 26.0. The van der Waals surface area contributed by atoms with E-state index in [1.54, 1.807) is 84.9 Å². The third-order valence-electron chi connectivity index (χ3n) is 21.0. The maximum Gasteiger partial charge on any atom is 0.346 e. The topological polar surface area (TPSA) is 149 Å². The van der Waals surface area contributed by atoms with E-state index in [0.29, 0.717) is 43.4 Å². The van der Waals surface area contributed by atoms with Gasteiger partial charge in [0.25, 0.3) is 0 Å². The van der Waals surface area contributed by atoms with Crippen molar-refractivity contribution in [3.63, 3.8) is 0 Å². The molecule has 620 valence electrons. The van der Waals surface area contributed by atoms with Crippen LogP contribution in [0.25, 0.3) is 87.6 Å². The van der Waals surface area contributed by atoms with Gasteiger partial charge in [0.1, 0.15) is 0 Å². The van der Waals surface area contributed by atoms with Crippen molar-refractivity contribution < 1.29 is 43.4 Å². The Bertz CT molecular complexity index is 7070. The van der Waals surface area contributed by atoms with E-state index in [9.17, 15) is 33.6 Å². The first-order valence-electron chi connectivity index (χ1n) is 39.3. The normalized spacial score (nSPS) is 11.7. The number of aromatic carboxylic acids is 1. The number of cyclic esters (lactones) is 2. The number of esters is 2. The molecule has 19 heteroatoms. The molecule has 3 aliphatic rings. The lowest BCUT2D eigenvalue weighted by atomic mass is 9.84. The molecule has 18 aromatic rings. The largest absolute Gasteiger partial charge is 0.478 e. The fourth-order valence-corrected chi connectivity index (χ4v) is 18.7. The first-order chi connectivity index (χ1) is 61.4. The van der Waals surface area contributed by atoms with Crippen molar-refractivity contribution in [1.29, 1.82) is 0 Å². The molecule has 0 unspecified atom stereocenters. The highest BCUT2D eigenvalue weighted by Gasteiger charge is 2.32. The number of hydrogen-bond acceptors (Lipinski definition) is 8. The highest BCUT2D eigenvalue weighted by atomic mass is 79.9. The second-order valence-electron chi connectivity index (χ2n) is 29.2. The summed E-state index contributed by atoms with van der Waals surface area (Å²) in [6.07, 6.45) is 0.815. The molecule has 0 fully saturated rings. The van der Waals surface area contributed by atoms with Crippen LogP contribution in [0.15, 0.2) is 415 Å². The predicted molar refractivity (Wildman–Crippen MR) is 546 cm³/mol. The molecule has 21 rings (SSSR count). The lowest BCUT2D eigenvalue weighted by molar-refractivity contribution is 0.0442. The number of rotatable bonds is 7. The Morgan fingerprint density at radius 1 is 0.236 bits per heavy atom. The fourth-order valence-electron chi connectivity index (χ4n) is 15.1. The number of carboxylic acids is 1. The first kappa shape index (κ1) is 90.9. The molecule has 0 saturated carbocycles.